The van der Waals surface area contributed by atoms with E-state index in [1.807, 2.05) is 22.5 Å². The summed E-state index contributed by atoms with van der Waals surface area (Å²) in [6, 6.07) is 7.50. The lowest BCUT2D eigenvalue weighted by molar-refractivity contribution is -0.136. The smallest absolute Gasteiger partial charge is 0.236 e. The van der Waals surface area contributed by atoms with Crippen LogP contribution in [0.4, 0.5) is 4.39 Å². The zero-order valence-corrected chi connectivity index (χ0v) is 17.5. The normalized spacial score (nSPS) is 23.6. The van der Waals surface area contributed by atoms with Crippen LogP contribution in [0, 0.1) is 5.82 Å². The van der Waals surface area contributed by atoms with Crippen LogP contribution in [-0.2, 0) is 4.79 Å². The Morgan fingerprint density at radius 2 is 1.82 bits per heavy atom. The molecule has 1 aromatic heterocycles. The number of hydrogen-bond acceptors (Lipinski definition) is 4. The maximum atomic E-state index is 14.3. The fraction of sp³-hybridized carbons (Fsp3) is 0.571. The number of amides is 1. The molecule has 0 unspecified atom stereocenters. The van der Waals surface area contributed by atoms with E-state index < -0.39 is 0 Å². The average molecular weight is 403 g/mol. The van der Waals surface area contributed by atoms with Crippen molar-refractivity contribution in [2.75, 3.05) is 0 Å². The van der Waals surface area contributed by atoms with Crippen LogP contribution in [0.25, 0.3) is 11.4 Å². The van der Waals surface area contributed by atoms with Crippen LogP contribution in [0.5, 0.6) is 0 Å². The van der Waals surface area contributed by atoms with E-state index in [0.717, 1.165) is 25.7 Å². The first-order chi connectivity index (χ1) is 13.5. The summed E-state index contributed by atoms with van der Waals surface area (Å²) >= 11 is 1.44. The van der Waals surface area contributed by atoms with E-state index in [2.05, 4.69) is 24.0 Å². The Balaban J connectivity index is 1.58. The number of nitrogens with zero attached hydrogens (tertiary/aromatic N) is 4. The molecule has 2 heterocycles. The highest BCUT2D eigenvalue weighted by Crippen LogP contribution is 2.42. The average Bonchev–Trinajstić information content (AvgIpc) is 3.42. The third kappa shape index (κ3) is 3.69. The number of benzene rings is 1. The van der Waals surface area contributed by atoms with Crippen molar-refractivity contribution in [3.63, 3.8) is 0 Å². The van der Waals surface area contributed by atoms with Gasteiger partial charge in [0.15, 0.2) is 11.0 Å². The second-order valence-corrected chi connectivity index (χ2v) is 9.33. The van der Waals surface area contributed by atoms with Gasteiger partial charge in [0.05, 0.1) is 10.8 Å². The Hall–Kier alpha value is -1.89. The molecule has 1 aliphatic carbocycles. The lowest BCUT2D eigenvalue weighted by Gasteiger charge is -2.40. The predicted octanol–water partition coefficient (Wildman–Crippen LogP) is 4.69. The van der Waals surface area contributed by atoms with Crippen molar-refractivity contribution in [1.29, 1.82) is 0 Å². The number of hydrogen-bond donors (Lipinski definition) is 0. The molecule has 0 N–H and O–H groups in total. The highest BCUT2D eigenvalue weighted by molar-refractivity contribution is 8.00. The molecular formula is C21H27FN4OS. The van der Waals surface area contributed by atoms with E-state index in [0.29, 0.717) is 22.6 Å². The molecule has 3 atom stereocenters. The molecule has 150 valence electrons. The monoisotopic (exact) mass is 402 g/mol. The lowest BCUT2D eigenvalue weighted by atomic mass is 9.97. The number of likely N-dealkylation sites (tertiary alicyclic amines) is 1. The summed E-state index contributed by atoms with van der Waals surface area (Å²) in [4.78, 5) is 15.2. The van der Waals surface area contributed by atoms with Gasteiger partial charge in [0.25, 0.3) is 0 Å². The van der Waals surface area contributed by atoms with Crippen molar-refractivity contribution >= 4 is 17.7 Å². The van der Waals surface area contributed by atoms with Crippen LogP contribution < -0.4 is 0 Å². The topological polar surface area (TPSA) is 51.0 Å². The zero-order valence-electron chi connectivity index (χ0n) is 16.6. The second-order valence-electron chi connectivity index (χ2n) is 8.02. The van der Waals surface area contributed by atoms with Crippen molar-refractivity contribution in [2.24, 2.45) is 0 Å². The highest BCUT2D eigenvalue weighted by atomic mass is 32.2. The second kappa shape index (κ2) is 7.85. The number of thioether (sulfide) groups is 1. The number of carbonyl (C=O) groups is 1. The molecule has 1 saturated heterocycles. The molecule has 1 aromatic carbocycles. The van der Waals surface area contributed by atoms with E-state index in [9.17, 15) is 9.18 Å². The number of aromatic nitrogens is 3. The van der Waals surface area contributed by atoms with Crippen LogP contribution in [0.3, 0.4) is 0 Å². The molecule has 2 aromatic rings. The molecule has 1 aliphatic heterocycles. The first kappa shape index (κ1) is 19.4. The molecule has 2 fully saturated rings. The minimum absolute atomic E-state index is 0.155. The predicted molar refractivity (Wildman–Crippen MR) is 109 cm³/mol. The van der Waals surface area contributed by atoms with Gasteiger partial charge in [-0.1, -0.05) is 23.9 Å². The minimum atomic E-state index is -0.298. The van der Waals surface area contributed by atoms with E-state index in [1.165, 1.54) is 24.2 Å². The summed E-state index contributed by atoms with van der Waals surface area (Å²) in [7, 11) is 0. The summed E-state index contributed by atoms with van der Waals surface area (Å²) in [5.41, 5.74) is 0.464. The van der Waals surface area contributed by atoms with Crippen molar-refractivity contribution in [2.45, 2.75) is 81.4 Å². The maximum Gasteiger partial charge on any atom is 0.236 e. The van der Waals surface area contributed by atoms with Gasteiger partial charge in [0.2, 0.25) is 5.91 Å². The van der Waals surface area contributed by atoms with Gasteiger partial charge < -0.3 is 4.90 Å². The number of piperidine rings is 1. The van der Waals surface area contributed by atoms with E-state index in [1.54, 1.807) is 12.1 Å². The fourth-order valence-corrected chi connectivity index (χ4v) is 5.10. The van der Waals surface area contributed by atoms with Crippen LogP contribution in [0.15, 0.2) is 29.4 Å². The van der Waals surface area contributed by atoms with Crippen LogP contribution >= 0.6 is 11.8 Å². The molecular weight excluding hydrogens is 375 g/mol. The summed E-state index contributed by atoms with van der Waals surface area (Å²) < 4.78 is 16.3. The molecule has 7 heteroatoms. The fourth-order valence-electron chi connectivity index (χ4n) is 4.12. The summed E-state index contributed by atoms with van der Waals surface area (Å²) in [6.07, 6.45) is 5.37. The van der Waals surface area contributed by atoms with Crippen molar-refractivity contribution in [3.05, 3.63) is 30.1 Å². The Morgan fingerprint density at radius 1 is 1.14 bits per heavy atom. The highest BCUT2D eigenvalue weighted by Gasteiger charge is 2.35. The van der Waals surface area contributed by atoms with Gasteiger partial charge in [0, 0.05) is 18.1 Å². The third-order valence-electron chi connectivity index (χ3n) is 5.77. The van der Waals surface area contributed by atoms with Gasteiger partial charge in [-0.3, -0.25) is 9.36 Å². The van der Waals surface area contributed by atoms with Crippen molar-refractivity contribution in [3.8, 4) is 11.4 Å². The molecule has 1 amide bonds. The third-order valence-corrected chi connectivity index (χ3v) is 6.81. The molecule has 5 nitrogen and oxygen atoms in total. The van der Waals surface area contributed by atoms with Gasteiger partial charge in [-0.25, -0.2) is 4.39 Å². The number of rotatable bonds is 5. The number of halogens is 1. The van der Waals surface area contributed by atoms with Gasteiger partial charge in [-0.2, -0.15) is 0 Å². The quantitative estimate of drug-likeness (QED) is 0.681. The van der Waals surface area contributed by atoms with Crippen molar-refractivity contribution < 1.29 is 9.18 Å². The van der Waals surface area contributed by atoms with Gasteiger partial charge >= 0.3 is 0 Å². The van der Waals surface area contributed by atoms with Crippen LogP contribution in [-0.4, -0.2) is 42.9 Å². The SMILES string of the molecule is C[C@@H]1CCC[C@@H](C)N1C(=O)[C@@H](C)Sc1nnc(-c2ccccc2F)n1C1CC1. The Labute approximate surface area is 169 Å². The zero-order chi connectivity index (χ0) is 19.8. The molecule has 2 aliphatic rings. The standard InChI is InChI=1S/C21H27FN4OS/c1-13-7-6-8-14(2)25(13)20(27)15(3)28-21-24-23-19(26(21)16-11-12-16)17-9-4-5-10-18(17)22/h4-5,9-10,13-16H,6-8,11-12H2,1-3H3/t13-,14-,15-/m1/s1. The Morgan fingerprint density at radius 3 is 2.46 bits per heavy atom. The van der Waals surface area contributed by atoms with Crippen molar-refractivity contribution in [1.82, 2.24) is 19.7 Å². The van der Waals surface area contributed by atoms with E-state index >= 15 is 0 Å². The Kier molecular flexibility index (Phi) is 5.45. The molecule has 0 radical (unpaired) electrons. The first-order valence-corrected chi connectivity index (χ1v) is 11.0. The molecule has 0 spiro atoms. The molecule has 1 saturated carbocycles. The summed E-state index contributed by atoms with van der Waals surface area (Å²) in [6.45, 7) is 6.21. The van der Waals surface area contributed by atoms with Crippen LogP contribution in [0.2, 0.25) is 0 Å². The first-order valence-electron chi connectivity index (χ1n) is 10.2. The van der Waals surface area contributed by atoms with E-state index in [-0.39, 0.29) is 29.1 Å². The Bertz CT molecular complexity index is 856. The summed E-state index contributed by atoms with van der Waals surface area (Å²) in [5, 5.41) is 9.09. The molecule has 28 heavy (non-hydrogen) atoms. The number of carbonyl (C=O) groups excluding carboxylic acids is 1. The largest absolute Gasteiger partial charge is 0.336 e. The molecule has 4 rings (SSSR count). The van der Waals surface area contributed by atoms with E-state index in [4.69, 9.17) is 0 Å². The summed E-state index contributed by atoms with van der Waals surface area (Å²) in [5.74, 6) is 0.415. The van der Waals surface area contributed by atoms with Gasteiger partial charge in [-0.15, -0.1) is 10.2 Å². The lowest BCUT2D eigenvalue weighted by Crippen LogP contribution is -2.50. The molecule has 0 bridgehead atoms. The maximum absolute atomic E-state index is 14.3. The van der Waals surface area contributed by atoms with Crippen LogP contribution in [0.1, 0.15) is 58.9 Å². The minimum Gasteiger partial charge on any atom is -0.336 e. The van der Waals surface area contributed by atoms with Gasteiger partial charge in [-0.05, 0) is 65.0 Å². The van der Waals surface area contributed by atoms with Gasteiger partial charge in [0.1, 0.15) is 5.82 Å².